The molecule has 0 saturated carbocycles. The van der Waals surface area contributed by atoms with Crippen molar-refractivity contribution < 1.29 is 4.86 Å². The first-order valence-corrected chi connectivity index (χ1v) is 6.90. The molecule has 20 heavy (non-hydrogen) atoms. The number of anilines is 1. The van der Waals surface area contributed by atoms with E-state index in [1.165, 1.54) is 0 Å². The van der Waals surface area contributed by atoms with Crippen molar-refractivity contribution in [1.82, 2.24) is 4.98 Å². The minimum Gasteiger partial charge on any atom is -0.691 e. The zero-order valence-corrected chi connectivity index (χ0v) is 11.6. The van der Waals surface area contributed by atoms with Crippen LogP contribution in [0.25, 0.3) is 10.2 Å². The molecule has 2 aromatic carbocycles. The maximum Gasteiger partial charge on any atom is 0.154 e. The fourth-order valence-corrected chi connectivity index (χ4v) is 2.69. The molecular weight excluding hydrogens is 272 g/mol. The Morgan fingerprint density at radius 1 is 1.20 bits per heavy atom. The lowest BCUT2D eigenvalue weighted by molar-refractivity contribution is -0.439. The van der Waals surface area contributed by atoms with Crippen LogP contribution in [0.2, 0.25) is 0 Å². The van der Waals surface area contributed by atoms with Gasteiger partial charge in [0, 0.05) is 6.07 Å². The van der Waals surface area contributed by atoms with Crippen molar-refractivity contribution >= 4 is 32.9 Å². The van der Waals surface area contributed by atoms with E-state index < -0.39 is 0 Å². The molecule has 100 valence electrons. The summed E-state index contributed by atoms with van der Waals surface area (Å²) in [4.78, 5) is 4.94. The molecule has 1 heterocycles. The van der Waals surface area contributed by atoms with Crippen LogP contribution in [0.1, 0.15) is 5.01 Å². The smallest absolute Gasteiger partial charge is 0.154 e. The summed E-state index contributed by atoms with van der Waals surface area (Å²) in [6.45, 7) is 1.97. The Morgan fingerprint density at radius 2 is 2.00 bits per heavy atom. The van der Waals surface area contributed by atoms with Crippen LogP contribution in [0, 0.1) is 12.1 Å². The lowest BCUT2D eigenvalue weighted by Crippen LogP contribution is -1.97. The molecule has 3 aromatic rings. The second kappa shape index (κ2) is 5.26. The Labute approximate surface area is 119 Å². The molecule has 5 nitrogen and oxygen atoms in total. The minimum absolute atomic E-state index is 0.481. The molecule has 0 aliphatic rings. The summed E-state index contributed by atoms with van der Waals surface area (Å²) >= 11 is 1.61. The van der Waals surface area contributed by atoms with Crippen LogP contribution in [-0.4, -0.2) is 9.84 Å². The van der Waals surface area contributed by atoms with Gasteiger partial charge in [0.2, 0.25) is 0 Å². The summed E-state index contributed by atoms with van der Waals surface area (Å²) in [5.41, 5.74) is 4.96. The first-order chi connectivity index (χ1) is 9.72. The zero-order valence-electron chi connectivity index (χ0n) is 10.8. The number of hydrogen-bond donors (Lipinski definition) is 1. The Bertz CT molecular complexity index is 767. The van der Waals surface area contributed by atoms with Crippen molar-refractivity contribution in [2.24, 2.45) is 5.22 Å². The highest BCUT2D eigenvalue weighted by Crippen LogP contribution is 2.24. The van der Waals surface area contributed by atoms with Gasteiger partial charge in [0.15, 0.2) is 5.69 Å². The number of rotatable bonds is 3. The average molecular weight is 284 g/mol. The minimum atomic E-state index is 0.481. The third kappa shape index (κ3) is 2.60. The van der Waals surface area contributed by atoms with Gasteiger partial charge in [-0.15, -0.1) is 21.6 Å². The van der Waals surface area contributed by atoms with Crippen LogP contribution in [0.5, 0.6) is 0 Å². The van der Waals surface area contributed by atoms with Crippen LogP contribution in [0.3, 0.4) is 0 Å². The Hall–Kier alpha value is -2.47. The zero-order chi connectivity index (χ0) is 13.9. The van der Waals surface area contributed by atoms with Gasteiger partial charge >= 0.3 is 0 Å². The maximum atomic E-state index is 11.8. The first kappa shape index (κ1) is 12.6. The summed E-state index contributed by atoms with van der Waals surface area (Å²) in [7, 11) is 0. The Kier molecular flexibility index (Phi) is 3.30. The lowest BCUT2D eigenvalue weighted by Gasteiger charge is -2.04. The summed E-state index contributed by atoms with van der Waals surface area (Å²) in [5.74, 6) is 0. The molecule has 1 N–H and O–H groups in total. The molecule has 0 amide bonds. The maximum absolute atomic E-state index is 11.8. The van der Waals surface area contributed by atoms with Crippen molar-refractivity contribution in [1.29, 1.82) is 0 Å². The SMILES string of the molecule is Cc1nc2ccc(N/N=[N+](\[O-])c3ccccc3)cc2s1. The summed E-state index contributed by atoms with van der Waals surface area (Å²) in [6.07, 6.45) is 0. The number of hydrogen-bond acceptors (Lipinski definition) is 4. The third-order valence-electron chi connectivity index (χ3n) is 2.74. The van der Waals surface area contributed by atoms with Crippen molar-refractivity contribution in [3.05, 3.63) is 58.7 Å². The fourth-order valence-electron chi connectivity index (χ4n) is 1.83. The molecule has 0 spiro atoms. The Balaban J connectivity index is 1.82. The number of thiazole rings is 1. The number of aryl methyl sites for hydroxylation is 1. The van der Waals surface area contributed by atoms with Crippen LogP contribution < -0.4 is 5.43 Å². The molecule has 6 heteroatoms. The van der Waals surface area contributed by atoms with Gasteiger partial charge in [0.05, 0.1) is 20.4 Å². The van der Waals surface area contributed by atoms with Crippen LogP contribution in [0.15, 0.2) is 53.8 Å². The van der Waals surface area contributed by atoms with E-state index in [4.69, 9.17) is 0 Å². The van der Waals surface area contributed by atoms with Gasteiger partial charge < -0.3 is 5.21 Å². The first-order valence-electron chi connectivity index (χ1n) is 6.08. The quantitative estimate of drug-likeness (QED) is 0.445. The molecule has 0 radical (unpaired) electrons. The van der Waals surface area contributed by atoms with Gasteiger partial charge in [0.1, 0.15) is 5.69 Å². The van der Waals surface area contributed by atoms with E-state index in [0.29, 0.717) is 10.5 Å². The average Bonchev–Trinajstić information content (AvgIpc) is 2.85. The molecule has 1 aromatic heterocycles. The summed E-state index contributed by atoms with van der Waals surface area (Å²) < 4.78 is 1.07. The number of fused-ring (bicyclic) bond motifs is 1. The van der Waals surface area contributed by atoms with Crippen molar-refractivity contribution in [2.75, 3.05) is 5.43 Å². The molecule has 0 saturated heterocycles. The molecular formula is C14H12N4OS. The summed E-state index contributed by atoms with van der Waals surface area (Å²) in [5, 5.41) is 16.6. The van der Waals surface area contributed by atoms with Gasteiger partial charge in [0.25, 0.3) is 0 Å². The van der Waals surface area contributed by atoms with Crippen LogP contribution in [-0.2, 0) is 0 Å². The van der Waals surface area contributed by atoms with Gasteiger partial charge in [-0.25, -0.2) is 4.98 Å². The topological polar surface area (TPSA) is 63.3 Å². The standard InChI is InChI=1S/C14H12N4OS/c1-10-15-13-8-7-11(9-14(13)20-10)16-17-18(19)12-5-3-2-4-6-12/h2-9,16H,1H3/b18-17-. The number of benzene rings is 2. The molecule has 0 unspecified atom stereocenters. The van der Waals surface area contributed by atoms with Crippen molar-refractivity contribution in [3.8, 4) is 0 Å². The second-order valence-electron chi connectivity index (χ2n) is 4.24. The van der Waals surface area contributed by atoms with Crippen LogP contribution >= 0.6 is 11.3 Å². The Morgan fingerprint density at radius 3 is 2.80 bits per heavy atom. The monoisotopic (exact) mass is 284 g/mol. The van der Waals surface area contributed by atoms with E-state index in [1.807, 2.05) is 31.2 Å². The highest BCUT2D eigenvalue weighted by atomic mass is 32.1. The van der Waals surface area contributed by atoms with E-state index in [1.54, 1.807) is 35.6 Å². The molecule has 0 aliphatic heterocycles. The predicted molar refractivity (Wildman–Crippen MR) is 80.1 cm³/mol. The summed E-state index contributed by atoms with van der Waals surface area (Å²) in [6, 6.07) is 14.5. The number of aromatic nitrogens is 1. The molecule has 0 fully saturated rings. The van der Waals surface area contributed by atoms with Crippen LogP contribution in [0.4, 0.5) is 11.4 Å². The second-order valence-corrected chi connectivity index (χ2v) is 5.47. The normalized spacial score (nSPS) is 11.8. The molecule has 0 atom stereocenters. The van der Waals surface area contributed by atoms with Crippen molar-refractivity contribution in [2.45, 2.75) is 6.92 Å². The third-order valence-corrected chi connectivity index (χ3v) is 3.68. The van der Waals surface area contributed by atoms with Gasteiger partial charge in [-0.05, 0) is 31.2 Å². The van der Waals surface area contributed by atoms with E-state index in [9.17, 15) is 5.21 Å². The predicted octanol–water partition coefficient (Wildman–Crippen LogP) is 4.23. The highest BCUT2D eigenvalue weighted by Gasteiger charge is 2.04. The largest absolute Gasteiger partial charge is 0.691 e. The van der Waals surface area contributed by atoms with E-state index in [0.717, 1.165) is 20.9 Å². The number of nitrogens with one attached hydrogen (secondary N) is 1. The van der Waals surface area contributed by atoms with E-state index >= 15 is 0 Å². The van der Waals surface area contributed by atoms with Crippen molar-refractivity contribution in [3.63, 3.8) is 0 Å². The van der Waals surface area contributed by atoms with E-state index in [2.05, 4.69) is 15.6 Å². The lowest BCUT2D eigenvalue weighted by atomic mass is 10.3. The fraction of sp³-hybridized carbons (Fsp3) is 0.0714. The number of nitrogens with zero attached hydrogens (tertiary/aromatic N) is 3. The molecule has 3 rings (SSSR count). The highest BCUT2D eigenvalue weighted by molar-refractivity contribution is 7.18. The number of para-hydroxylation sites is 1. The molecule has 0 bridgehead atoms. The van der Waals surface area contributed by atoms with E-state index in [-0.39, 0.29) is 0 Å². The van der Waals surface area contributed by atoms with Gasteiger partial charge in [-0.2, -0.15) is 0 Å². The van der Waals surface area contributed by atoms with Gasteiger partial charge in [-0.1, -0.05) is 18.2 Å². The van der Waals surface area contributed by atoms with Gasteiger partial charge in [-0.3, -0.25) is 0 Å². The molecule has 0 aliphatic carbocycles.